The maximum Gasteiger partial charge on any atom is 0.355 e. The molecule has 0 aliphatic rings. The number of nitrogens with one attached hydrogen (secondary N) is 2. The lowest BCUT2D eigenvalue weighted by Crippen LogP contribution is -2.09. The first-order chi connectivity index (χ1) is 20.4. The molecule has 0 unspecified atom stereocenters. The number of aromatic amines is 2. The van der Waals surface area contributed by atoms with Crippen molar-refractivity contribution in [1.29, 1.82) is 0 Å². The molecule has 0 atom stereocenters. The molecule has 2 aromatic heterocycles. The highest BCUT2D eigenvalue weighted by Crippen LogP contribution is 2.36. The van der Waals surface area contributed by atoms with Crippen LogP contribution in [0.3, 0.4) is 0 Å². The first kappa shape index (κ1) is 29.2. The predicted molar refractivity (Wildman–Crippen MR) is 163 cm³/mol. The van der Waals surface area contributed by atoms with Crippen LogP contribution in [-0.2, 0) is 24.4 Å². The number of para-hydroxylation sites is 2. The largest absolute Gasteiger partial charge is 0.494 e. The van der Waals surface area contributed by atoms with Gasteiger partial charge in [0.2, 0.25) is 0 Å². The molecule has 5 rings (SSSR count). The van der Waals surface area contributed by atoms with Crippen molar-refractivity contribution in [2.24, 2.45) is 0 Å². The second-order valence-electron chi connectivity index (χ2n) is 10.0. The molecular formula is C33H34ClN3O5. The van der Waals surface area contributed by atoms with E-state index < -0.39 is 5.97 Å². The Bertz CT molecular complexity index is 1670. The van der Waals surface area contributed by atoms with Gasteiger partial charge in [0.25, 0.3) is 0 Å². The molecule has 3 N–H and O–H groups in total. The Kier molecular flexibility index (Phi) is 9.15. The molecular weight excluding hydrogens is 554 g/mol. The molecule has 9 heteroatoms. The Balaban J connectivity index is 1.46. The van der Waals surface area contributed by atoms with E-state index in [9.17, 15) is 9.90 Å². The summed E-state index contributed by atoms with van der Waals surface area (Å²) in [5, 5.41) is 19.2. The molecule has 0 fully saturated rings. The minimum absolute atomic E-state index is 0.200. The van der Waals surface area contributed by atoms with Gasteiger partial charge in [-0.1, -0.05) is 48.0 Å². The number of benzene rings is 3. The van der Waals surface area contributed by atoms with Crippen molar-refractivity contribution in [1.82, 2.24) is 15.2 Å². The molecule has 0 saturated heterocycles. The van der Waals surface area contributed by atoms with Gasteiger partial charge in [-0.15, -0.1) is 0 Å². The molecule has 0 saturated carbocycles. The van der Waals surface area contributed by atoms with Crippen LogP contribution in [0.2, 0.25) is 5.02 Å². The topological polar surface area (TPSA) is 109 Å². The fraction of sp³-hybridized carbons (Fsp3) is 0.273. The first-order valence-corrected chi connectivity index (χ1v) is 14.3. The highest BCUT2D eigenvalue weighted by atomic mass is 35.5. The number of aliphatic hydroxyl groups excluding tert-OH is 1. The van der Waals surface area contributed by atoms with Gasteiger partial charge in [-0.3, -0.25) is 5.10 Å². The number of aromatic nitrogens is 3. The zero-order valence-corrected chi connectivity index (χ0v) is 24.7. The van der Waals surface area contributed by atoms with Crippen LogP contribution in [0.5, 0.6) is 11.5 Å². The number of hydrogen-bond acceptors (Lipinski definition) is 6. The molecule has 2 heterocycles. The average molecular weight is 588 g/mol. The molecule has 0 amide bonds. The number of fused-ring (bicyclic) bond motifs is 1. The van der Waals surface area contributed by atoms with E-state index in [1.54, 1.807) is 6.92 Å². The van der Waals surface area contributed by atoms with Crippen LogP contribution in [0.1, 0.15) is 51.9 Å². The van der Waals surface area contributed by atoms with Gasteiger partial charge in [-0.05, 0) is 74.6 Å². The quantitative estimate of drug-likeness (QED) is 0.106. The van der Waals surface area contributed by atoms with Crippen molar-refractivity contribution in [2.75, 3.05) is 13.2 Å². The van der Waals surface area contributed by atoms with Gasteiger partial charge >= 0.3 is 5.97 Å². The van der Waals surface area contributed by atoms with Gasteiger partial charge in [0, 0.05) is 21.5 Å². The van der Waals surface area contributed by atoms with Crippen LogP contribution < -0.4 is 9.47 Å². The smallest absolute Gasteiger partial charge is 0.355 e. The molecule has 5 aromatic rings. The normalized spacial score (nSPS) is 11.2. The second-order valence-corrected chi connectivity index (χ2v) is 10.4. The fourth-order valence-electron chi connectivity index (χ4n) is 5.17. The zero-order chi connectivity index (χ0) is 29.6. The van der Waals surface area contributed by atoms with E-state index >= 15 is 0 Å². The Hall–Kier alpha value is -4.27. The van der Waals surface area contributed by atoms with E-state index in [0.717, 1.165) is 49.5 Å². The molecule has 0 aliphatic heterocycles. The van der Waals surface area contributed by atoms with Crippen LogP contribution >= 0.6 is 11.6 Å². The number of halogens is 1. The van der Waals surface area contributed by atoms with Gasteiger partial charge in [0.05, 0.1) is 31.0 Å². The zero-order valence-electron chi connectivity index (χ0n) is 23.9. The van der Waals surface area contributed by atoms with E-state index in [4.69, 9.17) is 25.8 Å². The standard InChI is InChI=1S/C33H34ClN3O5/c1-4-40-33(39)32-25(14-9-15-41-23-16-20(2)30(34)21(3)17-23)24-12-8-13-26(31(24)35-32)29-27(18-38)36-37-28(29)19-42-22-10-6-5-7-11-22/h5-8,10-13,16-17,35,38H,4,9,14-15,18-19H2,1-3H3,(H,36,37). The van der Waals surface area contributed by atoms with Crippen molar-refractivity contribution < 1.29 is 24.1 Å². The summed E-state index contributed by atoms with van der Waals surface area (Å²) >= 11 is 6.30. The van der Waals surface area contributed by atoms with Gasteiger partial charge in [0.1, 0.15) is 29.5 Å². The number of carbonyl (C=O) groups excluding carboxylic acids is 1. The van der Waals surface area contributed by atoms with Crippen LogP contribution in [-0.4, -0.2) is 39.5 Å². The summed E-state index contributed by atoms with van der Waals surface area (Å²) in [6, 6.07) is 19.2. The van der Waals surface area contributed by atoms with Crippen molar-refractivity contribution >= 4 is 28.5 Å². The molecule has 3 aromatic carbocycles. The van der Waals surface area contributed by atoms with Crippen LogP contribution in [0.4, 0.5) is 0 Å². The van der Waals surface area contributed by atoms with E-state index in [-0.39, 0.29) is 19.8 Å². The summed E-state index contributed by atoms with van der Waals surface area (Å²) in [7, 11) is 0. The first-order valence-electron chi connectivity index (χ1n) is 14.0. The number of aliphatic hydroxyl groups is 1. The summed E-state index contributed by atoms with van der Waals surface area (Å²) in [6.45, 7) is 6.39. The van der Waals surface area contributed by atoms with Crippen LogP contribution in [0.15, 0.2) is 60.7 Å². The van der Waals surface area contributed by atoms with Crippen molar-refractivity contribution in [3.8, 4) is 22.6 Å². The van der Waals surface area contributed by atoms with Gasteiger partial charge in [-0.2, -0.15) is 5.10 Å². The number of aryl methyl sites for hydroxylation is 3. The lowest BCUT2D eigenvalue weighted by atomic mass is 9.98. The molecule has 0 radical (unpaired) electrons. The van der Waals surface area contributed by atoms with Gasteiger partial charge in [-0.25, -0.2) is 4.79 Å². The third kappa shape index (κ3) is 6.15. The van der Waals surface area contributed by atoms with Crippen LogP contribution in [0.25, 0.3) is 22.0 Å². The lowest BCUT2D eigenvalue weighted by Gasteiger charge is -2.10. The predicted octanol–water partition coefficient (Wildman–Crippen LogP) is 7.09. The molecule has 0 aliphatic carbocycles. The highest BCUT2D eigenvalue weighted by molar-refractivity contribution is 6.32. The summed E-state index contributed by atoms with van der Waals surface area (Å²) in [5.41, 5.74) is 6.71. The minimum Gasteiger partial charge on any atom is -0.494 e. The number of esters is 1. The van der Waals surface area contributed by atoms with E-state index in [1.807, 2.05) is 74.5 Å². The summed E-state index contributed by atoms with van der Waals surface area (Å²) in [6.07, 6.45) is 1.26. The maximum atomic E-state index is 13.1. The fourth-order valence-corrected chi connectivity index (χ4v) is 5.28. The molecule has 0 spiro atoms. The van der Waals surface area contributed by atoms with E-state index in [0.29, 0.717) is 42.3 Å². The second kappa shape index (κ2) is 13.1. The van der Waals surface area contributed by atoms with Crippen LogP contribution in [0, 0.1) is 13.8 Å². The maximum absolute atomic E-state index is 13.1. The van der Waals surface area contributed by atoms with Gasteiger partial charge < -0.3 is 24.3 Å². The summed E-state index contributed by atoms with van der Waals surface area (Å²) in [4.78, 5) is 16.4. The third-order valence-electron chi connectivity index (χ3n) is 7.13. The van der Waals surface area contributed by atoms with Gasteiger partial charge in [0.15, 0.2) is 0 Å². The van der Waals surface area contributed by atoms with Crippen molar-refractivity contribution in [3.05, 3.63) is 99.5 Å². The molecule has 42 heavy (non-hydrogen) atoms. The Morgan fingerprint density at radius 1 is 1.00 bits per heavy atom. The number of rotatable bonds is 12. The van der Waals surface area contributed by atoms with Crippen molar-refractivity contribution in [3.63, 3.8) is 0 Å². The summed E-state index contributed by atoms with van der Waals surface area (Å²) < 4.78 is 17.4. The average Bonchev–Trinajstić information content (AvgIpc) is 3.59. The lowest BCUT2D eigenvalue weighted by molar-refractivity contribution is 0.0519. The number of carbonyl (C=O) groups is 1. The minimum atomic E-state index is -0.415. The molecule has 0 bridgehead atoms. The molecule has 218 valence electrons. The monoisotopic (exact) mass is 587 g/mol. The summed E-state index contributed by atoms with van der Waals surface area (Å²) in [5.74, 6) is 1.07. The number of nitrogens with zero attached hydrogens (tertiary/aromatic N) is 1. The molecule has 8 nitrogen and oxygen atoms in total. The Labute approximate surface area is 249 Å². The third-order valence-corrected chi connectivity index (χ3v) is 7.73. The number of H-pyrrole nitrogens is 2. The van der Waals surface area contributed by atoms with E-state index in [2.05, 4.69) is 15.2 Å². The SMILES string of the molecule is CCOC(=O)c1[nH]c2c(-c3c(COc4ccccc4)n[nH]c3CO)cccc2c1CCCOc1cc(C)c(Cl)c(C)c1. The van der Waals surface area contributed by atoms with E-state index in [1.165, 1.54) is 0 Å². The highest BCUT2D eigenvalue weighted by Gasteiger charge is 2.24. The number of ether oxygens (including phenoxy) is 3. The Morgan fingerprint density at radius 2 is 1.76 bits per heavy atom. The number of hydrogen-bond donors (Lipinski definition) is 3. The van der Waals surface area contributed by atoms with Crippen molar-refractivity contribution in [2.45, 2.75) is 46.8 Å². The Morgan fingerprint density at radius 3 is 2.48 bits per heavy atom.